The molecule has 1 atom stereocenters. The summed E-state index contributed by atoms with van der Waals surface area (Å²) < 4.78 is 1.80. The molecule has 25 heavy (non-hydrogen) atoms. The molecule has 1 amide bonds. The van der Waals surface area contributed by atoms with E-state index in [2.05, 4.69) is 32.1 Å². The van der Waals surface area contributed by atoms with Crippen LogP contribution >= 0.6 is 0 Å². The number of aliphatic imine (C=N–C) groups is 1. The molecule has 2 aromatic rings. The number of nitrogens with one attached hydrogen (secondary N) is 3. The maximum absolute atomic E-state index is 11.9. The number of guanidine groups is 1. The minimum Gasteiger partial charge on any atom is -0.356 e. The fraction of sp³-hybridized carbons (Fsp3) is 0.389. The number of carbonyl (C=O) groups excluding carboxylic acids is 1. The second-order valence-corrected chi connectivity index (χ2v) is 6.19. The Balaban J connectivity index is 1.52. The highest BCUT2D eigenvalue weighted by atomic mass is 16.1. The fourth-order valence-corrected chi connectivity index (χ4v) is 3.05. The smallest absolute Gasteiger partial charge is 0.225 e. The van der Waals surface area contributed by atoms with Gasteiger partial charge in [-0.15, -0.1) is 0 Å². The number of carbonyl (C=O) groups is 1. The minimum absolute atomic E-state index is 0.0602. The first kappa shape index (κ1) is 17.0. The Morgan fingerprint density at radius 3 is 3.00 bits per heavy atom. The number of amides is 1. The van der Waals surface area contributed by atoms with Gasteiger partial charge in [-0.05, 0) is 23.6 Å². The Kier molecular flexibility index (Phi) is 5.33. The van der Waals surface area contributed by atoms with Crippen LogP contribution < -0.4 is 16.0 Å². The zero-order chi connectivity index (χ0) is 17.6. The van der Waals surface area contributed by atoms with Crippen LogP contribution in [-0.4, -0.2) is 41.8 Å². The molecule has 0 aliphatic carbocycles. The minimum atomic E-state index is 0.0602. The molecule has 7 nitrogen and oxygen atoms in total. The van der Waals surface area contributed by atoms with Gasteiger partial charge in [-0.25, -0.2) is 0 Å². The number of aromatic nitrogens is 2. The molecule has 1 aromatic heterocycles. The molecule has 3 N–H and O–H groups in total. The molecule has 0 bridgehead atoms. The topological polar surface area (TPSA) is 83.3 Å². The second kappa shape index (κ2) is 7.83. The van der Waals surface area contributed by atoms with E-state index in [1.807, 2.05) is 37.6 Å². The van der Waals surface area contributed by atoms with Crippen molar-refractivity contribution >= 4 is 17.6 Å². The molecule has 0 fully saturated rings. The number of anilines is 1. The molecule has 0 radical (unpaired) electrons. The van der Waals surface area contributed by atoms with Gasteiger partial charge >= 0.3 is 0 Å². The molecular weight excluding hydrogens is 316 g/mol. The largest absolute Gasteiger partial charge is 0.356 e. The van der Waals surface area contributed by atoms with Crippen LogP contribution in [0.4, 0.5) is 5.69 Å². The maximum Gasteiger partial charge on any atom is 0.225 e. The lowest BCUT2D eigenvalue weighted by atomic mass is 9.90. The average molecular weight is 340 g/mol. The molecule has 1 aromatic carbocycles. The van der Waals surface area contributed by atoms with Gasteiger partial charge in [0.05, 0.1) is 6.20 Å². The van der Waals surface area contributed by atoms with Gasteiger partial charge < -0.3 is 16.0 Å². The summed E-state index contributed by atoms with van der Waals surface area (Å²) in [5.74, 6) is 0.944. The number of hydrogen-bond acceptors (Lipinski definition) is 3. The van der Waals surface area contributed by atoms with E-state index in [4.69, 9.17) is 0 Å². The first-order valence-electron chi connectivity index (χ1n) is 8.46. The third-order valence-electron chi connectivity index (χ3n) is 4.31. The van der Waals surface area contributed by atoms with E-state index in [-0.39, 0.29) is 11.8 Å². The molecule has 3 rings (SSSR count). The maximum atomic E-state index is 11.9. The van der Waals surface area contributed by atoms with E-state index in [1.54, 1.807) is 11.7 Å². The molecule has 1 unspecified atom stereocenters. The van der Waals surface area contributed by atoms with Crippen LogP contribution in [0.1, 0.15) is 23.5 Å². The summed E-state index contributed by atoms with van der Waals surface area (Å²) in [5.41, 5.74) is 3.26. The third-order valence-corrected chi connectivity index (χ3v) is 4.31. The lowest BCUT2D eigenvalue weighted by molar-refractivity contribution is -0.116. The van der Waals surface area contributed by atoms with Crippen LogP contribution in [0.25, 0.3) is 0 Å². The van der Waals surface area contributed by atoms with Gasteiger partial charge in [0.15, 0.2) is 5.96 Å². The van der Waals surface area contributed by atoms with Crippen LogP contribution in [0.2, 0.25) is 0 Å². The predicted molar refractivity (Wildman–Crippen MR) is 98.7 cm³/mol. The first-order valence-corrected chi connectivity index (χ1v) is 8.46. The standard InChI is InChI=1S/C18H24N6O/c1-19-18(20-8-7-13-10-22-24(2)12-13)21-11-14-9-17(25)23-16-6-4-3-5-15(14)16/h3-6,10,12,14H,7-9,11H2,1-2H3,(H,23,25)(H2,19,20,21). The molecule has 132 valence electrons. The Bertz CT molecular complexity index is 766. The summed E-state index contributed by atoms with van der Waals surface area (Å²) >= 11 is 0. The summed E-state index contributed by atoms with van der Waals surface area (Å²) in [6.45, 7) is 1.43. The number of nitrogens with zero attached hydrogens (tertiary/aromatic N) is 3. The van der Waals surface area contributed by atoms with Crippen molar-refractivity contribution in [1.29, 1.82) is 0 Å². The fourth-order valence-electron chi connectivity index (χ4n) is 3.05. The molecule has 0 spiro atoms. The Labute approximate surface area is 147 Å². The van der Waals surface area contributed by atoms with Gasteiger partial charge in [-0.1, -0.05) is 18.2 Å². The van der Waals surface area contributed by atoms with Crippen molar-refractivity contribution in [2.75, 3.05) is 25.5 Å². The van der Waals surface area contributed by atoms with Crippen molar-refractivity contribution in [2.24, 2.45) is 12.0 Å². The van der Waals surface area contributed by atoms with E-state index < -0.39 is 0 Å². The number of para-hydroxylation sites is 1. The van der Waals surface area contributed by atoms with E-state index in [1.165, 1.54) is 11.1 Å². The van der Waals surface area contributed by atoms with Gasteiger partial charge in [-0.2, -0.15) is 5.10 Å². The molecule has 1 aliphatic heterocycles. The molecule has 0 saturated carbocycles. The van der Waals surface area contributed by atoms with E-state index in [9.17, 15) is 4.79 Å². The SMILES string of the molecule is CN=C(NCCc1cnn(C)c1)NCC1CC(=O)Nc2ccccc21. The highest BCUT2D eigenvalue weighted by Crippen LogP contribution is 2.31. The number of benzene rings is 1. The van der Waals surface area contributed by atoms with Crippen molar-refractivity contribution in [3.05, 3.63) is 47.8 Å². The van der Waals surface area contributed by atoms with Crippen molar-refractivity contribution in [1.82, 2.24) is 20.4 Å². The molecular formula is C18H24N6O. The number of rotatable bonds is 5. The van der Waals surface area contributed by atoms with Gasteiger partial charge in [0, 0.05) is 51.4 Å². The summed E-state index contributed by atoms with van der Waals surface area (Å²) in [5, 5.41) is 13.7. The number of hydrogen-bond donors (Lipinski definition) is 3. The van der Waals surface area contributed by atoms with Crippen molar-refractivity contribution in [2.45, 2.75) is 18.8 Å². The molecule has 0 saturated heterocycles. The first-order chi connectivity index (χ1) is 12.2. The highest BCUT2D eigenvalue weighted by Gasteiger charge is 2.24. The van der Waals surface area contributed by atoms with E-state index >= 15 is 0 Å². The molecule has 2 heterocycles. The molecule has 1 aliphatic rings. The Morgan fingerprint density at radius 1 is 1.40 bits per heavy atom. The zero-order valence-electron chi connectivity index (χ0n) is 14.6. The lowest BCUT2D eigenvalue weighted by Crippen LogP contribution is -2.41. The van der Waals surface area contributed by atoms with Gasteiger partial charge in [0.25, 0.3) is 0 Å². The molecule has 7 heteroatoms. The zero-order valence-corrected chi connectivity index (χ0v) is 14.6. The third kappa shape index (κ3) is 4.37. The van der Waals surface area contributed by atoms with E-state index in [0.29, 0.717) is 13.0 Å². The van der Waals surface area contributed by atoms with Gasteiger partial charge in [0.1, 0.15) is 0 Å². The highest BCUT2D eigenvalue weighted by molar-refractivity contribution is 5.94. The number of fused-ring (bicyclic) bond motifs is 1. The van der Waals surface area contributed by atoms with Crippen LogP contribution in [-0.2, 0) is 18.3 Å². The second-order valence-electron chi connectivity index (χ2n) is 6.19. The van der Waals surface area contributed by atoms with Crippen molar-refractivity contribution in [3.63, 3.8) is 0 Å². The Hall–Kier alpha value is -2.83. The lowest BCUT2D eigenvalue weighted by Gasteiger charge is -2.26. The van der Waals surface area contributed by atoms with Crippen LogP contribution in [0.3, 0.4) is 0 Å². The summed E-state index contributed by atoms with van der Waals surface area (Å²) in [6, 6.07) is 7.96. The van der Waals surface area contributed by atoms with Crippen molar-refractivity contribution in [3.8, 4) is 0 Å². The summed E-state index contributed by atoms with van der Waals surface area (Å²) in [4.78, 5) is 16.1. The van der Waals surface area contributed by atoms with E-state index in [0.717, 1.165) is 24.6 Å². The van der Waals surface area contributed by atoms with Crippen molar-refractivity contribution < 1.29 is 4.79 Å². The average Bonchev–Trinajstić information content (AvgIpc) is 3.02. The predicted octanol–water partition coefficient (Wildman–Crippen LogP) is 1.25. The summed E-state index contributed by atoms with van der Waals surface area (Å²) in [7, 11) is 3.66. The van der Waals surface area contributed by atoms with Gasteiger partial charge in [-0.3, -0.25) is 14.5 Å². The Morgan fingerprint density at radius 2 is 2.24 bits per heavy atom. The van der Waals surface area contributed by atoms with Gasteiger partial charge in [0.2, 0.25) is 5.91 Å². The van der Waals surface area contributed by atoms with Crippen LogP contribution in [0.5, 0.6) is 0 Å². The monoisotopic (exact) mass is 340 g/mol. The summed E-state index contributed by atoms with van der Waals surface area (Å²) in [6.07, 6.45) is 5.24. The van der Waals surface area contributed by atoms with Crippen LogP contribution in [0.15, 0.2) is 41.7 Å². The number of aryl methyl sites for hydroxylation is 1. The van der Waals surface area contributed by atoms with Crippen LogP contribution in [0, 0.1) is 0 Å². The quantitative estimate of drug-likeness (QED) is 0.565. The normalized spacial score (nSPS) is 17.0.